The van der Waals surface area contributed by atoms with E-state index in [1.807, 2.05) is 24.3 Å². The lowest BCUT2D eigenvalue weighted by molar-refractivity contribution is -0.192. The number of aromatic nitrogens is 1. The summed E-state index contributed by atoms with van der Waals surface area (Å²) in [4.78, 5) is 40.5. The van der Waals surface area contributed by atoms with Crippen molar-refractivity contribution in [3.8, 4) is 0 Å². The Labute approximate surface area is 152 Å². The minimum Gasteiger partial charge on any atom is -0.475 e. The van der Waals surface area contributed by atoms with E-state index in [1.54, 1.807) is 29.1 Å². The van der Waals surface area contributed by atoms with Crippen molar-refractivity contribution in [1.29, 1.82) is 0 Å². The topological polar surface area (TPSA) is 90.8 Å². The molecule has 2 aromatic rings. The lowest BCUT2D eigenvalue weighted by atomic mass is 10.1. The van der Waals surface area contributed by atoms with Crippen LogP contribution in [-0.4, -0.2) is 70.5 Å². The van der Waals surface area contributed by atoms with Crippen LogP contribution >= 0.6 is 0 Å². The van der Waals surface area contributed by atoms with Crippen LogP contribution in [0.15, 0.2) is 36.5 Å². The Morgan fingerprint density at radius 1 is 1.19 bits per heavy atom. The number of aliphatic carboxylic acids is 1. The maximum Gasteiger partial charge on any atom is 0.490 e. The summed E-state index contributed by atoms with van der Waals surface area (Å²) in [6.07, 6.45) is -3.36. The fraction of sp³-hybridized carbons (Fsp3) is 0.294. The van der Waals surface area contributed by atoms with Crippen molar-refractivity contribution in [2.45, 2.75) is 6.18 Å². The van der Waals surface area contributed by atoms with E-state index in [0.29, 0.717) is 18.7 Å². The molecule has 144 valence electrons. The number of carbonyl (C=O) groups excluding carboxylic acids is 2. The van der Waals surface area contributed by atoms with E-state index in [9.17, 15) is 22.8 Å². The quantitative estimate of drug-likeness (QED) is 0.811. The second-order valence-electron chi connectivity index (χ2n) is 5.76. The van der Waals surface area contributed by atoms with Gasteiger partial charge in [0.2, 0.25) is 5.91 Å². The standard InChI is InChI=1S/C15H15N3O2.C2HF3O2/c1-17-7-8-18(10-14(17)19)15(20)12-4-5-13-11(9-12)3-2-6-16-13;3-2(4,5)1(6)7/h2-6,9H,7-8,10H2,1H3;(H,6,7). The summed E-state index contributed by atoms with van der Waals surface area (Å²) in [5.41, 5.74) is 1.46. The van der Waals surface area contributed by atoms with Gasteiger partial charge in [0, 0.05) is 37.3 Å². The molecule has 1 aromatic carbocycles. The highest BCUT2D eigenvalue weighted by atomic mass is 19.4. The number of hydrogen-bond donors (Lipinski definition) is 1. The molecule has 0 saturated carbocycles. The molecule has 7 nitrogen and oxygen atoms in total. The summed E-state index contributed by atoms with van der Waals surface area (Å²) in [7, 11) is 1.76. The lowest BCUT2D eigenvalue weighted by Crippen LogP contribution is -2.50. The SMILES string of the molecule is CN1CCN(C(=O)c2ccc3ncccc3c2)CC1=O.O=C(O)C(F)(F)F. The second-order valence-corrected chi connectivity index (χ2v) is 5.76. The van der Waals surface area contributed by atoms with Crippen LogP contribution < -0.4 is 0 Å². The zero-order chi connectivity index (χ0) is 20.2. The van der Waals surface area contributed by atoms with E-state index in [0.717, 1.165) is 10.9 Å². The van der Waals surface area contributed by atoms with Crippen LogP contribution in [0.5, 0.6) is 0 Å². The number of hydrogen-bond acceptors (Lipinski definition) is 4. The highest BCUT2D eigenvalue weighted by Crippen LogP contribution is 2.16. The average molecular weight is 383 g/mol. The van der Waals surface area contributed by atoms with E-state index in [1.165, 1.54) is 0 Å². The Morgan fingerprint density at radius 2 is 1.85 bits per heavy atom. The number of amides is 2. The summed E-state index contributed by atoms with van der Waals surface area (Å²) in [6.45, 7) is 1.31. The molecule has 0 unspecified atom stereocenters. The average Bonchev–Trinajstić information content (AvgIpc) is 2.62. The number of halogens is 3. The highest BCUT2D eigenvalue weighted by molar-refractivity contribution is 5.99. The number of carboxylic acid groups (broad SMARTS) is 1. The van der Waals surface area contributed by atoms with Gasteiger partial charge in [-0.2, -0.15) is 13.2 Å². The number of carbonyl (C=O) groups is 3. The fourth-order valence-corrected chi connectivity index (χ4v) is 2.32. The molecule has 1 aliphatic heterocycles. The molecule has 0 aliphatic carbocycles. The Bertz CT molecular complexity index is 870. The molecule has 0 radical (unpaired) electrons. The van der Waals surface area contributed by atoms with Gasteiger partial charge in [-0.3, -0.25) is 14.6 Å². The summed E-state index contributed by atoms with van der Waals surface area (Å²) >= 11 is 0. The van der Waals surface area contributed by atoms with Gasteiger partial charge in [0.1, 0.15) is 6.54 Å². The molecule has 1 aliphatic rings. The largest absolute Gasteiger partial charge is 0.490 e. The molecule has 1 saturated heterocycles. The molecule has 10 heteroatoms. The van der Waals surface area contributed by atoms with E-state index >= 15 is 0 Å². The molecule has 0 spiro atoms. The summed E-state index contributed by atoms with van der Waals surface area (Å²) in [5, 5.41) is 8.05. The summed E-state index contributed by atoms with van der Waals surface area (Å²) in [5.74, 6) is -2.88. The number of nitrogens with zero attached hydrogens (tertiary/aromatic N) is 3. The van der Waals surface area contributed by atoms with Gasteiger partial charge in [-0.15, -0.1) is 0 Å². The maximum atomic E-state index is 12.4. The number of rotatable bonds is 1. The second kappa shape index (κ2) is 8.02. The molecule has 1 fully saturated rings. The number of likely N-dealkylation sites (N-methyl/N-ethyl adjacent to an activating group) is 1. The first-order valence-electron chi connectivity index (χ1n) is 7.77. The number of benzene rings is 1. The Morgan fingerprint density at radius 3 is 2.44 bits per heavy atom. The van der Waals surface area contributed by atoms with Gasteiger partial charge < -0.3 is 14.9 Å². The van der Waals surface area contributed by atoms with Crippen molar-refractivity contribution >= 4 is 28.7 Å². The molecule has 0 atom stereocenters. The smallest absolute Gasteiger partial charge is 0.475 e. The number of alkyl halides is 3. The maximum absolute atomic E-state index is 12.4. The number of fused-ring (bicyclic) bond motifs is 1. The van der Waals surface area contributed by atoms with Crippen LogP contribution in [0.25, 0.3) is 10.9 Å². The molecular formula is C17H16F3N3O4. The normalized spacial score (nSPS) is 14.6. The third-order valence-electron chi connectivity index (χ3n) is 3.84. The van der Waals surface area contributed by atoms with Crippen LogP contribution in [0.4, 0.5) is 13.2 Å². The zero-order valence-corrected chi connectivity index (χ0v) is 14.2. The molecule has 1 N–H and O–H groups in total. The summed E-state index contributed by atoms with van der Waals surface area (Å²) < 4.78 is 31.7. The van der Waals surface area contributed by atoms with Gasteiger partial charge in [-0.25, -0.2) is 4.79 Å². The number of carboxylic acids is 1. The minimum atomic E-state index is -5.08. The van der Waals surface area contributed by atoms with Crippen LogP contribution in [-0.2, 0) is 9.59 Å². The van der Waals surface area contributed by atoms with Gasteiger partial charge in [-0.05, 0) is 24.3 Å². The zero-order valence-electron chi connectivity index (χ0n) is 14.2. The molecule has 2 heterocycles. The lowest BCUT2D eigenvalue weighted by Gasteiger charge is -2.32. The van der Waals surface area contributed by atoms with E-state index in [4.69, 9.17) is 9.90 Å². The van der Waals surface area contributed by atoms with Crippen LogP contribution in [0.2, 0.25) is 0 Å². The number of pyridine rings is 1. The highest BCUT2D eigenvalue weighted by Gasteiger charge is 2.38. The molecule has 1 aromatic heterocycles. The van der Waals surface area contributed by atoms with Crippen LogP contribution in [0.3, 0.4) is 0 Å². The Hall–Kier alpha value is -3.17. The third kappa shape index (κ3) is 5.16. The monoisotopic (exact) mass is 383 g/mol. The first-order chi connectivity index (χ1) is 12.6. The minimum absolute atomic E-state index is 0.0212. The third-order valence-corrected chi connectivity index (χ3v) is 3.84. The Balaban J connectivity index is 0.000000321. The Kier molecular flexibility index (Phi) is 5.98. The van der Waals surface area contributed by atoms with Gasteiger partial charge >= 0.3 is 12.1 Å². The predicted molar refractivity (Wildman–Crippen MR) is 89.0 cm³/mol. The molecule has 27 heavy (non-hydrogen) atoms. The van der Waals surface area contributed by atoms with Gasteiger partial charge in [0.05, 0.1) is 5.52 Å². The van der Waals surface area contributed by atoms with E-state index < -0.39 is 12.1 Å². The molecular weight excluding hydrogens is 367 g/mol. The van der Waals surface area contributed by atoms with Crippen molar-refractivity contribution in [2.75, 3.05) is 26.7 Å². The van der Waals surface area contributed by atoms with Crippen molar-refractivity contribution < 1.29 is 32.7 Å². The van der Waals surface area contributed by atoms with Gasteiger partial charge in [0.25, 0.3) is 5.91 Å². The van der Waals surface area contributed by atoms with Crippen LogP contribution in [0, 0.1) is 0 Å². The van der Waals surface area contributed by atoms with Crippen molar-refractivity contribution in [3.05, 3.63) is 42.1 Å². The van der Waals surface area contributed by atoms with E-state index in [2.05, 4.69) is 4.98 Å². The first kappa shape index (κ1) is 20.1. The molecule has 2 amide bonds. The fourth-order valence-electron chi connectivity index (χ4n) is 2.32. The molecule has 0 bridgehead atoms. The van der Waals surface area contributed by atoms with Crippen molar-refractivity contribution in [3.63, 3.8) is 0 Å². The predicted octanol–water partition coefficient (Wildman–Crippen LogP) is 1.78. The first-order valence-corrected chi connectivity index (χ1v) is 7.77. The van der Waals surface area contributed by atoms with Crippen molar-refractivity contribution in [1.82, 2.24) is 14.8 Å². The van der Waals surface area contributed by atoms with Crippen LogP contribution in [0.1, 0.15) is 10.4 Å². The number of piperazine rings is 1. The summed E-state index contributed by atoms with van der Waals surface area (Å²) in [6, 6.07) is 9.19. The van der Waals surface area contributed by atoms with Crippen molar-refractivity contribution in [2.24, 2.45) is 0 Å². The van der Waals surface area contributed by atoms with E-state index in [-0.39, 0.29) is 18.4 Å². The van der Waals surface area contributed by atoms with Gasteiger partial charge in [0.15, 0.2) is 0 Å². The van der Waals surface area contributed by atoms with Gasteiger partial charge in [-0.1, -0.05) is 6.07 Å². The molecule has 3 rings (SSSR count).